The van der Waals surface area contributed by atoms with Crippen LogP contribution < -0.4 is 4.74 Å². The highest BCUT2D eigenvalue weighted by molar-refractivity contribution is 6.30. The summed E-state index contributed by atoms with van der Waals surface area (Å²) >= 11 is 5.84. The van der Waals surface area contributed by atoms with Gasteiger partial charge in [-0.05, 0) is 32.9 Å². The number of aliphatic hydroxyl groups is 1. The van der Waals surface area contributed by atoms with Gasteiger partial charge >= 0.3 is 0 Å². The molecule has 0 aromatic heterocycles. The largest absolute Gasteiger partial charge is 0.491 e. The van der Waals surface area contributed by atoms with Crippen molar-refractivity contribution in [2.24, 2.45) is 0 Å². The Labute approximate surface area is 89.5 Å². The first-order chi connectivity index (χ1) is 6.50. The van der Waals surface area contributed by atoms with Crippen LogP contribution in [0.1, 0.15) is 32.4 Å². The van der Waals surface area contributed by atoms with Crippen LogP contribution in [0.2, 0.25) is 5.02 Å². The van der Waals surface area contributed by atoms with E-state index in [-0.39, 0.29) is 6.10 Å². The molecule has 1 unspecified atom stereocenters. The monoisotopic (exact) mass is 214 g/mol. The maximum absolute atomic E-state index is 9.49. The summed E-state index contributed by atoms with van der Waals surface area (Å²) in [7, 11) is 0. The quantitative estimate of drug-likeness (QED) is 0.838. The van der Waals surface area contributed by atoms with Gasteiger partial charge in [0.2, 0.25) is 0 Å². The van der Waals surface area contributed by atoms with Crippen molar-refractivity contribution < 1.29 is 9.84 Å². The standard InChI is InChI=1S/C11H15ClO2/c1-7(2)14-11-6-9(12)4-5-10(11)8(3)13/h4-8,13H,1-3H3. The Morgan fingerprint density at radius 1 is 1.29 bits per heavy atom. The van der Waals surface area contributed by atoms with Crippen LogP contribution in [0.5, 0.6) is 5.75 Å². The summed E-state index contributed by atoms with van der Waals surface area (Å²) < 4.78 is 5.54. The van der Waals surface area contributed by atoms with Crippen LogP contribution in [0.4, 0.5) is 0 Å². The third-order valence-electron chi connectivity index (χ3n) is 1.79. The van der Waals surface area contributed by atoms with E-state index in [9.17, 15) is 5.11 Å². The second kappa shape index (κ2) is 4.67. The van der Waals surface area contributed by atoms with E-state index in [2.05, 4.69) is 0 Å². The van der Waals surface area contributed by atoms with Gasteiger partial charge in [-0.25, -0.2) is 0 Å². The highest BCUT2D eigenvalue weighted by Crippen LogP contribution is 2.29. The molecule has 0 spiro atoms. The first-order valence-corrected chi connectivity index (χ1v) is 5.02. The van der Waals surface area contributed by atoms with E-state index in [1.54, 1.807) is 25.1 Å². The van der Waals surface area contributed by atoms with Crippen LogP contribution in [0.25, 0.3) is 0 Å². The van der Waals surface area contributed by atoms with Crippen LogP contribution in [0.15, 0.2) is 18.2 Å². The summed E-state index contributed by atoms with van der Waals surface area (Å²) in [6.45, 7) is 5.58. The van der Waals surface area contributed by atoms with Crippen LogP contribution in [-0.2, 0) is 0 Å². The first kappa shape index (κ1) is 11.3. The molecule has 0 saturated carbocycles. The van der Waals surface area contributed by atoms with Crippen LogP contribution in [-0.4, -0.2) is 11.2 Å². The molecule has 0 aliphatic rings. The van der Waals surface area contributed by atoms with Crippen molar-refractivity contribution in [2.75, 3.05) is 0 Å². The summed E-state index contributed by atoms with van der Waals surface area (Å²) in [6, 6.07) is 5.26. The number of hydrogen-bond donors (Lipinski definition) is 1. The molecule has 1 rings (SSSR count). The van der Waals surface area contributed by atoms with E-state index in [1.165, 1.54) is 0 Å². The van der Waals surface area contributed by atoms with Gasteiger partial charge in [-0.1, -0.05) is 17.7 Å². The van der Waals surface area contributed by atoms with Crippen LogP contribution >= 0.6 is 11.6 Å². The van der Waals surface area contributed by atoms with Crippen molar-refractivity contribution in [2.45, 2.75) is 33.0 Å². The minimum Gasteiger partial charge on any atom is -0.491 e. The van der Waals surface area contributed by atoms with Gasteiger partial charge in [0, 0.05) is 10.6 Å². The molecule has 0 saturated heterocycles. The molecule has 1 atom stereocenters. The van der Waals surface area contributed by atoms with Crippen LogP contribution in [0.3, 0.4) is 0 Å². The topological polar surface area (TPSA) is 29.5 Å². The minimum absolute atomic E-state index is 0.0750. The van der Waals surface area contributed by atoms with Gasteiger partial charge in [0.15, 0.2) is 0 Å². The Morgan fingerprint density at radius 2 is 1.93 bits per heavy atom. The van der Waals surface area contributed by atoms with Gasteiger partial charge < -0.3 is 9.84 Å². The third kappa shape index (κ3) is 2.89. The third-order valence-corrected chi connectivity index (χ3v) is 2.02. The lowest BCUT2D eigenvalue weighted by atomic mass is 10.1. The molecule has 0 amide bonds. The molecule has 1 aromatic carbocycles. The molecule has 1 aromatic rings. The number of benzene rings is 1. The molecule has 0 radical (unpaired) electrons. The lowest BCUT2D eigenvalue weighted by Gasteiger charge is -2.16. The first-order valence-electron chi connectivity index (χ1n) is 4.65. The van der Waals surface area contributed by atoms with E-state index < -0.39 is 6.10 Å². The fourth-order valence-corrected chi connectivity index (χ4v) is 1.37. The van der Waals surface area contributed by atoms with E-state index in [4.69, 9.17) is 16.3 Å². The average Bonchev–Trinajstić information content (AvgIpc) is 2.01. The number of hydrogen-bond acceptors (Lipinski definition) is 2. The van der Waals surface area contributed by atoms with Gasteiger partial charge in [0.25, 0.3) is 0 Å². The molecule has 3 heteroatoms. The molecule has 14 heavy (non-hydrogen) atoms. The molecule has 0 heterocycles. The summed E-state index contributed by atoms with van der Waals surface area (Å²) in [4.78, 5) is 0. The van der Waals surface area contributed by atoms with E-state index in [0.717, 1.165) is 5.56 Å². The molecule has 2 nitrogen and oxygen atoms in total. The van der Waals surface area contributed by atoms with Gasteiger partial charge in [-0.3, -0.25) is 0 Å². The van der Waals surface area contributed by atoms with Crippen LogP contribution in [0, 0.1) is 0 Å². The highest BCUT2D eigenvalue weighted by Gasteiger charge is 2.10. The highest BCUT2D eigenvalue weighted by atomic mass is 35.5. The normalized spacial score (nSPS) is 13.0. The van der Waals surface area contributed by atoms with Gasteiger partial charge in [-0.2, -0.15) is 0 Å². The maximum Gasteiger partial charge on any atom is 0.126 e. The Hall–Kier alpha value is -0.730. The molecule has 1 N–H and O–H groups in total. The lowest BCUT2D eigenvalue weighted by Crippen LogP contribution is -2.08. The Bertz CT molecular complexity index is 308. The van der Waals surface area contributed by atoms with Gasteiger partial charge in [0.05, 0.1) is 12.2 Å². The second-order valence-electron chi connectivity index (χ2n) is 3.52. The summed E-state index contributed by atoms with van der Waals surface area (Å²) in [5.74, 6) is 0.655. The van der Waals surface area contributed by atoms with Gasteiger partial charge in [0.1, 0.15) is 5.75 Å². The molecule has 78 valence electrons. The second-order valence-corrected chi connectivity index (χ2v) is 3.96. The molecule has 0 bridgehead atoms. The van der Waals surface area contributed by atoms with E-state index >= 15 is 0 Å². The number of aliphatic hydroxyl groups excluding tert-OH is 1. The van der Waals surface area contributed by atoms with Crippen molar-refractivity contribution in [3.05, 3.63) is 28.8 Å². The number of rotatable bonds is 3. The Kier molecular flexibility index (Phi) is 3.78. The molecule has 0 aliphatic carbocycles. The molecule has 0 aliphatic heterocycles. The predicted octanol–water partition coefficient (Wildman–Crippen LogP) is 3.18. The fraction of sp³-hybridized carbons (Fsp3) is 0.455. The maximum atomic E-state index is 9.49. The van der Waals surface area contributed by atoms with E-state index in [0.29, 0.717) is 10.8 Å². The van der Waals surface area contributed by atoms with E-state index in [1.807, 2.05) is 13.8 Å². The number of ether oxygens (including phenoxy) is 1. The zero-order valence-corrected chi connectivity index (χ0v) is 9.38. The van der Waals surface area contributed by atoms with Crippen molar-refractivity contribution >= 4 is 11.6 Å². The lowest BCUT2D eigenvalue weighted by molar-refractivity contribution is 0.183. The Morgan fingerprint density at radius 3 is 2.43 bits per heavy atom. The number of halogens is 1. The predicted molar refractivity (Wildman–Crippen MR) is 57.8 cm³/mol. The van der Waals surface area contributed by atoms with Crippen molar-refractivity contribution in [1.29, 1.82) is 0 Å². The average molecular weight is 215 g/mol. The van der Waals surface area contributed by atoms with Crippen molar-refractivity contribution in [1.82, 2.24) is 0 Å². The Balaban J connectivity index is 3.03. The summed E-state index contributed by atoms with van der Waals surface area (Å²) in [6.07, 6.45) is -0.466. The minimum atomic E-state index is -0.541. The smallest absolute Gasteiger partial charge is 0.126 e. The molecular weight excluding hydrogens is 200 g/mol. The molecular formula is C11H15ClO2. The zero-order chi connectivity index (χ0) is 10.7. The SMILES string of the molecule is CC(C)Oc1cc(Cl)ccc1C(C)O. The fourth-order valence-electron chi connectivity index (χ4n) is 1.21. The molecule has 0 fully saturated rings. The summed E-state index contributed by atoms with van der Waals surface area (Å²) in [5, 5.41) is 10.1. The zero-order valence-electron chi connectivity index (χ0n) is 8.62. The van der Waals surface area contributed by atoms with Crippen molar-refractivity contribution in [3.63, 3.8) is 0 Å². The summed E-state index contributed by atoms with van der Waals surface area (Å²) in [5.41, 5.74) is 0.767. The van der Waals surface area contributed by atoms with Crippen molar-refractivity contribution in [3.8, 4) is 5.75 Å². The van der Waals surface area contributed by atoms with Gasteiger partial charge in [-0.15, -0.1) is 0 Å².